The summed E-state index contributed by atoms with van der Waals surface area (Å²) in [5.41, 5.74) is -0.176. The van der Waals surface area contributed by atoms with Gasteiger partial charge in [0.05, 0.1) is 5.60 Å². The molecule has 4 heteroatoms. The lowest BCUT2D eigenvalue weighted by Gasteiger charge is -2.22. The number of hydrogen-bond acceptors (Lipinski definition) is 3. The molecule has 2 N–H and O–H groups in total. The molecule has 2 rings (SSSR count). The highest BCUT2D eigenvalue weighted by Gasteiger charge is 2.27. The van der Waals surface area contributed by atoms with E-state index in [-0.39, 0.29) is 11.7 Å². The smallest absolute Gasteiger partial charge is 0.253 e. The molecule has 0 saturated carbocycles. The van der Waals surface area contributed by atoms with Gasteiger partial charge in [0.25, 0.3) is 5.91 Å². The molecule has 0 bridgehead atoms. The molecule has 0 spiro atoms. The van der Waals surface area contributed by atoms with Gasteiger partial charge in [-0.1, -0.05) is 6.07 Å². The third-order valence-corrected chi connectivity index (χ3v) is 3.44. The van der Waals surface area contributed by atoms with Crippen LogP contribution in [0.3, 0.4) is 0 Å². The minimum Gasteiger partial charge on any atom is -0.508 e. The maximum absolute atomic E-state index is 12.2. The number of carbonyl (C=O) groups is 1. The highest BCUT2D eigenvalue weighted by Crippen LogP contribution is 2.23. The first-order valence-corrected chi connectivity index (χ1v) is 6.29. The molecule has 1 amide bonds. The molecule has 1 heterocycles. The Morgan fingerprint density at radius 2 is 2.11 bits per heavy atom. The van der Waals surface area contributed by atoms with Crippen molar-refractivity contribution >= 4 is 5.91 Å². The number of carbonyl (C=O) groups excluding carboxylic acids is 1. The van der Waals surface area contributed by atoms with Gasteiger partial charge in [-0.3, -0.25) is 4.79 Å². The molecule has 1 unspecified atom stereocenters. The maximum atomic E-state index is 12.2. The average molecular weight is 249 g/mol. The van der Waals surface area contributed by atoms with Crippen LogP contribution in [0, 0.1) is 0 Å². The van der Waals surface area contributed by atoms with E-state index < -0.39 is 5.60 Å². The van der Waals surface area contributed by atoms with Crippen LogP contribution in [0.5, 0.6) is 5.75 Å². The normalized spacial score (nSPS) is 24.7. The monoisotopic (exact) mass is 249 g/mol. The average Bonchev–Trinajstić information content (AvgIpc) is 2.49. The Labute approximate surface area is 107 Å². The molecule has 1 aromatic carbocycles. The summed E-state index contributed by atoms with van der Waals surface area (Å²) in [6, 6.07) is 6.39. The summed E-state index contributed by atoms with van der Waals surface area (Å²) in [5.74, 6) is 0.0197. The minimum atomic E-state index is -0.673. The molecule has 1 saturated heterocycles. The van der Waals surface area contributed by atoms with Crippen molar-refractivity contribution in [2.45, 2.75) is 31.8 Å². The number of aliphatic hydroxyl groups is 1. The van der Waals surface area contributed by atoms with Gasteiger partial charge >= 0.3 is 0 Å². The standard InChI is InChI=1S/C14H19NO3/c1-14(18)6-3-8-15(9-7-14)13(17)11-4-2-5-12(16)10-11/h2,4-5,10,16,18H,3,6-9H2,1H3. The number of nitrogens with zero attached hydrogens (tertiary/aromatic N) is 1. The molecular formula is C14H19NO3. The van der Waals surface area contributed by atoms with Crippen molar-refractivity contribution < 1.29 is 15.0 Å². The van der Waals surface area contributed by atoms with Gasteiger partial charge in [0.15, 0.2) is 0 Å². The molecule has 1 aliphatic heterocycles. The van der Waals surface area contributed by atoms with Gasteiger partial charge in [-0.25, -0.2) is 0 Å². The first kappa shape index (κ1) is 12.9. The molecular weight excluding hydrogens is 230 g/mol. The van der Waals surface area contributed by atoms with Crippen molar-refractivity contribution in [3.63, 3.8) is 0 Å². The first-order chi connectivity index (χ1) is 8.48. The number of rotatable bonds is 1. The van der Waals surface area contributed by atoms with Gasteiger partial charge in [-0.15, -0.1) is 0 Å². The zero-order valence-electron chi connectivity index (χ0n) is 10.6. The van der Waals surface area contributed by atoms with Gasteiger partial charge in [0.1, 0.15) is 5.75 Å². The Morgan fingerprint density at radius 1 is 1.33 bits per heavy atom. The van der Waals surface area contributed by atoms with Gasteiger partial charge < -0.3 is 15.1 Å². The summed E-state index contributed by atoms with van der Waals surface area (Å²) in [5, 5.41) is 19.4. The topological polar surface area (TPSA) is 60.8 Å². The number of phenols is 1. The van der Waals surface area contributed by atoms with E-state index in [2.05, 4.69) is 0 Å². The van der Waals surface area contributed by atoms with Crippen molar-refractivity contribution in [2.24, 2.45) is 0 Å². The fourth-order valence-corrected chi connectivity index (χ4v) is 2.29. The fraction of sp³-hybridized carbons (Fsp3) is 0.500. The zero-order chi connectivity index (χ0) is 13.2. The van der Waals surface area contributed by atoms with Crippen LogP contribution in [0.4, 0.5) is 0 Å². The predicted octanol–water partition coefficient (Wildman–Crippen LogP) is 1.77. The third kappa shape index (κ3) is 3.01. The molecule has 0 radical (unpaired) electrons. The molecule has 0 aromatic heterocycles. The summed E-state index contributed by atoms with van der Waals surface area (Å²) in [6.45, 7) is 3.03. The van der Waals surface area contributed by atoms with Crippen LogP contribution < -0.4 is 0 Å². The second kappa shape index (κ2) is 4.98. The van der Waals surface area contributed by atoms with Crippen molar-refractivity contribution in [1.29, 1.82) is 0 Å². The molecule has 4 nitrogen and oxygen atoms in total. The lowest BCUT2D eigenvalue weighted by atomic mass is 9.98. The van der Waals surface area contributed by atoms with Gasteiger partial charge in [0, 0.05) is 18.7 Å². The molecule has 18 heavy (non-hydrogen) atoms. The number of likely N-dealkylation sites (tertiary alicyclic amines) is 1. The molecule has 1 aliphatic rings. The van der Waals surface area contributed by atoms with E-state index in [0.717, 1.165) is 12.8 Å². The van der Waals surface area contributed by atoms with Crippen molar-refractivity contribution in [2.75, 3.05) is 13.1 Å². The van der Waals surface area contributed by atoms with Crippen LogP contribution >= 0.6 is 0 Å². The summed E-state index contributed by atoms with van der Waals surface area (Å²) in [7, 11) is 0. The van der Waals surface area contributed by atoms with Crippen molar-refractivity contribution in [3.05, 3.63) is 29.8 Å². The molecule has 0 aliphatic carbocycles. The summed E-state index contributed by atoms with van der Waals surface area (Å²) >= 11 is 0. The molecule has 1 fully saturated rings. The van der Waals surface area contributed by atoms with Gasteiger partial charge in [-0.05, 0) is 44.4 Å². The summed E-state index contributed by atoms with van der Waals surface area (Å²) in [6.07, 6.45) is 2.12. The SMILES string of the molecule is CC1(O)CCCN(C(=O)c2cccc(O)c2)CC1. The number of amides is 1. The quantitative estimate of drug-likeness (QED) is 0.797. The molecule has 98 valence electrons. The Kier molecular flexibility index (Phi) is 3.57. The van der Waals surface area contributed by atoms with Crippen LogP contribution in [0.15, 0.2) is 24.3 Å². The van der Waals surface area contributed by atoms with Gasteiger partial charge in [-0.2, -0.15) is 0 Å². The lowest BCUT2D eigenvalue weighted by molar-refractivity contribution is 0.0438. The van der Waals surface area contributed by atoms with E-state index in [9.17, 15) is 15.0 Å². The molecule has 1 atom stereocenters. The van der Waals surface area contributed by atoms with Gasteiger partial charge in [0.2, 0.25) is 0 Å². The number of phenolic OH excluding ortho intramolecular Hbond substituents is 1. The Morgan fingerprint density at radius 3 is 2.83 bits per heavy atom. The van der Waals surface area contributed by atoms with E-state index in [1.54, 1.807) is 23.1 Å². The minimum absolute atomic E-state index is 0.0800. The van der Waals surface area contributed by atoms with E-state index in [1.165, 1.54) is 6.07 Å². The number of hydrogen-bond donors (Lipinski definition) is 2. The Balaban J connectivity index is 2.10. The third-order valence-electron chi connectivity index (χ3n) is 3.44. The zero-order valence-corrected chi connectivity index (χ0v) is 10.6. The second-order valence-electron chi connectivity index (χ2n) is 5.19. The Hall–Kier alpha value is -1.55. The predicted molar refractivity (Wildman–Crippen MR) is 68.5 cm³/mol. The number of aromatic hydroxyl groups is 1. The van der Waals surface area contributed by atoms with Crippen LogP contribution in [-0.4, -0.2) is 39.7 Å². The summed E-state index contributed by atoms with van der Waals surface area (Å²) in [4.78, 5) is 14.0. The number of benzene rings is 1. The van der Waals surface area contributed by atoms with Crippen LogP contribution in [0.25, 0.3) is 0 Å². The summed E-state index contributed by atoms with van der Waals surface area (Å²) < 4.78 is 0. The molecule has 1 aromatic rings. The van der Waals surface area contributed by atoms with E-state index in [4.69, 9.17) is 0 Å². The lowest BCUT2D eigenvalue weighted by Crippen LogP contribution is -2.33. The highest BCUT2D eigenvalue weighted by molar-refractivity contribution is 5.94. The Bertz CT molecular complexity index is 442. The maximum Gasteiger partial charge on any atom is 0.253 e. The van der Waals surface area contributed by atoms with E-state index in [0.29, 0.717) is 25.1 Å². The first-order valence-electron chi connectivity index (χ1n) is 6.29. The fourth-order valence-electron chi connectivity index (χ4n) is 2.29. The van der Waals surface area contributed by atoms with Crippen LogP contribution in [-0.2, 0) is 0 Å². The van der Waals surface area contributed by atoms with E-state index in [1.807, 2.05) is 6.92 Å². The van der Waals surface area contributed by atoms with E-state index >= 15 is 0 Å². The largest absolute Gasteiger partial charge is 0.508 e. The van der Waals surface area contributed by atoms with Crippen LogP contribution in [0.1, 0.15) is 36.5 Å². The second-order valence-corrected chi connectivity index (χ2v) is 5.19. The highest BCUT2D eigenvalue weighted by atomic mass is 16.3. The van der Waals surface area contributed by atoms with Crippen LogP contribution in [0.2, 0.25) is 0 Å². The van der Waals surface area contributed by atoms with Crippen molar-refractivity contribution in [3.8, 4) is 5.75 Å². The van der Waals surface area contributed by atoms with Crippen molar-refractivity contribution in [1.82, 2.24) is 4.90 Å².